The lowest BCUT2D eigenvalue weighted by molar-refractivity contribution is -0.0744. The van der Waals surface area contributed by atoms with Crippen molar-refractivity contribution in [1.29, 1.82) is 0 Å². The number of hydrogen-bond acceptors (Lipinski definition) is 4. The maximum Gasteiger partial charge on any atom is 0.210 e. The second-order valence-electron chi connectivity index (χ2n) is 1.25. The van der Waals surface area contributed by atoms with Gasteiger partial charge in [0.25, 0.3) is 0 Å². The number of hydrogen-bond donors (Lipinski definition) is 4. The van der Waals surface area contributed by atoms with Crippen molar-refractivity contribution in [3.8, 4) is 0 Å². The van der Waals surface area contributed by atoms with E-state index in [1.165, 1.54) is 0 Å². The van der Waals surface area contributed by atoms with Crippen molar-refractivity contribution in [2.24, 2.45) is 0 Å². The topological polar surface area (TPSA) is 40.5 Å². The van der Waals surface area contributed by atoms with Crippen LogP contribution in [0.15, 0.2) is 0 Å². The molecule has 7 heavy (non-hydrogen) atoms. The fourth-order valence-corrected chi connectivity index (χ4v) is 0.750. The van der Waals surface area contributed by atoms with Gasteiger partial charge in [0.1, 0.15) is 0 Å². The van der Waals surface area contributed by atoms with Crippen LogP contribution in [0.2, 0.25) is 0 Å². The monoisotopic (exact) mass is 140 g/mol. The van der Waals surface area contributed by atoms with Gasteiger partial charge in [-0.3, -0.25) is 0 Å². The smallest absolute Gasteiger partial charge is 0.210 e. The molecule has 44 valence electrons. The van der Waals surface area contributed by atoms with Crippen LogP contribution in [0, 0.1) is 0 Å². The molecule has 0 aromatic rings. The summed E-state index contributed by atoms with van der Waals surface area (Å²) < 4.78 is 0. The van der Waals surface area contributed by atoms with E-state index in [2.05, 4.69) is 25.3 Å². The molecule has 0 bridgehead atoms. The van der Waals surface area contributed by atoms with Gasteiger partial charge in [-0.2, -0.15) is 12.6 Å². The van der Waals surface area contributed by atoms with E-state index in [4.69, 9.17) is 10.2 Å². The predicted molar refractivity (Wildman–Crippen MR) is 34.6 cm³/mol. The number of aliphatic hydroxyl groups is 2. The zero-order valence-electron chi connectivity index (χ0n) is 3.70. The van der Waals surface area contributed by atoms with Gasteiger partial charge in [-0.25, -0.2) is 0 Å². The maximum atomic E-state index is 8.39. The quantitative estimate of drug-likeness (QED) is 0.319. The Hall–Kier alpha value is 0.620. The van der Waals surface area contributed by atoms with Crippen LogP contribution in [0.4, 0.5) is 0 Å². The molecule has 0 amide bonds. The first-order valence-electron chi connectivity index (χ1n) is 1.84. The number of rotatable bonds is 2. The van der Waals surface area contributed by atoms with Crippen molar-refractivity contribution < 1.29 is 10.2 Å². The Bertz CT molecular complexity index is 49.4. The second kappa shape index (κ2) is 2.81. The Morgan fingerprint density at radius 3 is 1.86 bits per heavy atom. The standard InChI is InChI=1S/C3H8O2S2/c4-3(5,7)1-2-6/h4-7H,1-2H2. The maximum absolute atomic E-state index is 8.39. The molecule has 0 aromatic heterocycles. The van der Waals surface area contributed by atoms with Gasteiger partial charge >= 0.3 is 0 Å². The van der Waals surface area contributed by atoms with Crippen LogP contribution in [0.5, 0.6) is 0 Å². The molecular formula is C3H8O2S2. The van der Waals surface area contributed by atoms with Crippen molar-refractivity contribution in [3.05, 3.63) is 0 Å². The van der Waals surface area contributed by atoms with E-state index in [-0.39, 0.29) is 6.42 Å². The first-order valence-corrected chi connectivity index (χ1v) is 2.92. The summed E-state index contributed by atoms with van der Waals surface area (Å²) in [6.07, 6.45) is 0.180. The van der Waals surface area contributed by atoms with E-state index in [1.807, 2.05) is 0 Å². The largest absolute Gasteiger partial charge is 0.357 e. The van der Waals surface area contributed by atoms with Crippen LogP contribution in [0.25, 0.3) is 0 Å². The minimum atomic E-state index is -1.83. The van der Waals surface area contributed by atoms with E-state index < -0.39 is 5.12 Å². The van der Waals surface area contributed by atoms with Crippen LogP contribution in [-0.4, -0.2) is 21.1 Å². The molecule has 0 rings (SSSR count). The Kier molecular flexibility index (Phi) is 3.06. The fraction of sp³-hybridized carbons (Fsp3) is 1.00. The lowest BCUT2D eigenvalue weighted by Crippen LogP contribution is -2.19. The highest BCUT2D eigenvalue weighted by Gasteiger charge is 2.13. The summed E-state index contributed by atoms with van der Waals surface area (Å²) in [5.74, 6) is 0.427. The zero-order chi connectivity index (χ0) is 5.91. The van der Waals surface area contributed by atoms with Gasteiger partial charge < -0.3 is 10.2 Å². The summed E-state index contributed by atoms with van der Waals surface area (Å²) in [7, 11) is 0. The Balaban J connectivity index is 3.15. The molecule has 0 saturated carbocycles. The summed E-state index contributed by atoms with van der Waals surface area (Å²) in [5, 5.41) is 14.9. The third kappa shape index (κ3) is 6.62. The first-order chi connectivity index (χ1) is 3.06. The molecule has 0 aliphatic heterocycles. The van der Waals surface area contributed by atoms with E-state index in [9.17, 15) is 0 Å². The van der Waals surface area contributed by atoms with Crippen molar-refractivity contribution >= 4 is 25.3 Å². The Labute approximate surface area is 53.4 Å². The molecule has 2 N–H and O–H groups in total. The fourth-order valence-electron chi connectivity index (χ4n) is 0.150. The molecule has 0 saturated heterocycles. The molecule has 0 aliphatic carbocycles. The van der Waals surface area contributed by atoms with Crippen LogP contribution >= 0.6 is 25.3 Å². The van der Waals surface area contributed by atoms with Crippen molar-refractivity contribution in [2.45, 2.75) is 11.5 Å². The van der Waals surface area contributed by atoms with Crippen LogP contribution in [0.1, 0.15) is 6.42 Å². The van der Waals surface area contributed by atoms with Gasteiger partial charge in [0.15, 0.2) is 0 Å². The molecule has 2 nitrogen and oxygen atoms in total. The highest BCUT2D eigenvalue weighted by molar-refractivity contribution is 7.81. The Morgan fingerprint density at radius 1 is 1.43 bits per heavy atom. The molecule has 0 unspecified atom stereocenters. The molecule has 0 aromatic carbocycles. The summed E-state index contributed by atoms with van der Waals surface area (Å²) in [5.41, 5.74) is 0. The van der Waals surface area contributed by atoms with Gasteiger partial charge in [0, 0.05) is 6.42 Å². The second-order valence-corrected chi connectivity index (χ2v) is 2.41. The molecule has 4 heteroatoms. The van der Waals surface area contributed by atoms with E-state index >= 15 is 0 Å². The Morgan fingerprint density at radius 2 is 1.86 bits per heavy atom. The van der Waals surface area contributed by atoms with E-state index in [1.54, 1.807) is 0 Å². The zero-order valence-corrected chi connectivity index (χ0v) is 5.49. The molecular weight excluding hydrogens is 132 g/mol. The molecule has 0 spiro atoms. The van der Waals surface area contributed by atoms with Gasteiger partial charge in [0.2, 0.25) is 5.12 Å². The molecule has 0 atom stereocenters. The van der Waals surface area contributed by atoms with Crippen molar-refractivity contribution in [3.63, 3.8) is 0 Å². The van der Waals surface area contributed by atoms with Crippen LogP contribution in [0.3, 0.4) is 0 Å². The van der Waals surface area contributed by atoms with Gasteiger partial charge in [0.05, 0.1) is 0 Å². The SMILES string of the molecule is OC(O)(S)CCS. The summed E-state index contributed by atoms with van der Waals surface area (Å²) in [6, 6.07) is 0. The van der Waals surface area contributed by atoms with Crippen LogP contribution in [-0.2, 0) is 0 Å². The summed E-state index contributed by atoms with van der Waals surface area (Å²) >= 11 is 7.14. The lowest BCUT2D eigenvalue weighted by atomic mass is 10.5. The third-order valence-electron chi connectivity index (χ3n) is 0.447. The molecule has 0 radical (unpaired) electrons. The minimum absolute atomic E-state index is 0.180. The summed E-state index contributed by atoms with van der Waals surface area (Å²) in [4.78, 5) is 0. The average molecular weight is 140 g/mol. The number of thiol groups is 2. The van der Waals surface area contributed by atoms with Gasteiger partial charge in [-0.1, -0.05) is 0 Å². The van der Waals surface area contributed by atoms with E-state index in [0.29, 0.717) is 5.75 Å². The van der Waals surface area contributed by atoms with Gasteiger partial charge in [-0.05, 0) is 5.75 Å². The van der Waals surface area contributed by atoms with Crippen molar-refractivity contribution in [2.75, 3.05) is 5.75 Å². The predicted octanol–water partition coefficient (Wildman–Crippen LogP) is -0.126. The molecule has 0 heterocycles. The van der Waals surface area contributed by atoms with Crippen LogP contribution < -0.4 is 0 Å². The third-order valence-corrected chi connectivity index (χ3v) is 0.894. The normalized spacial score (nSPS) is 12.0. The summed E-state index contributed by atoms with van der Waals surface area (Å²) in [6.45, 7) is 0. The van der Waals surface area contributed by atoms with E-state index in [0.717, 1.165) is 0 Å². The average Bonchev–Trinajstić information content (AvgIpc) is 1.30. The highest BCUT2D eigenvalue weighted by atomic mass is 32.1. The van der Waals surface area contributed by atoms with Crippen molar-refractivity contribution in [1.82, 2.24) is 0 Å². The first kappa shape index (κ1) is 7.62. The van der Waals surface area contributed by atoms with Gasteiger partial charge in [-0.15, -0.1) is 12.6 Å². The lowest BCUT2D eigenvalue weighted by Gasteiger charge is -2.10. The highest BCUT2D eigenvalue weighted by Crippen LogP contribution is 2.09. The molecule has 0 aliphatic rings. The molecule has 0 fully saturated rings. The minimum Gasteiger partial charge on any atom is -0.357 e.